The van der Waals surface area contributed by atoms with Crippen LogP contribution in [0.25, 0.3) is 5.69 Å². The number of rotatable bonds is 3. The Kier molecular flexibility index (Phi) is 3.87. The molecule has 3 aromatic rings. The lowest BCUT2D eigenvalue weighted by molar-refractivity contribution is 0.317. The van der Waals surface area contributed by atoms with Crippen molar-refractivity contribution in [1.29, 1.82) is 0 Å². The maximum atomic E-state index is 12.2. The van der Waals surface area contributed by atoms with E-state index in [1.54, 1.807) is 4.68 Å². The second-order valence-corrected chi connectivity index (χ2v) is 6.99. The van der Waals surface area contributed by atoms with Crippen LogP contribution in [-0.4, -0.2) is 24.5 Å². The van der Waals surface area contributed by atoms with Crippen molar-refractivity contribution in [2.45, 2.75) is 46.6 Å². The molecule has 0 unspecified atom stereocenters. The lowest BCUT2D eigenvalue weighted by atomic mass is 9.97. The van der Waals surface area contributed by atoms with Crippen LogP contribution in [0.4, 0.5) is 0 Å². The summed E-state index contributed by atoms with van der Waals surface area (Å²) in [4.78, 5) is 20.5. The molecular weight excluding hydrogens is 306 g/mol. The summed E-state index contributed by atoms with van der Waals surface area (Å²) in [5, 5.41) is 3.99. The van der Waals surface area contributed by atoms with E-state index in [2.05, 4.69) is 15.1 Å². The average Bonchev–Trinajstić information content (AvgIpc) is 3.10. The molecule has 0 N–H and O–H groups in total. The smallest absolute Gasteiger partial charge is 0.339 e. The summed E-state index contributed by atoms with van der Waals surface area (Å²) in [7, 11) is 0. The van der Waals surface area contributed by atoms with E-state index >= 15 is 0 Å². The maximum Gasteiger partial charge on any atom is 0.364 e. The molecule has 0 atom stereocenters. The van der Waals surface area contributed by atoms with Crippen LogP contribution in [0.15, 0.2) is 33.8 Å². The fourth-order valence-electron chi connectivity index (χ4n) is 2.38. The van der Waals surface area contributed by atoms with Gasteiger partial charge in [0.2, 0.25) is 5.89 Å². The van der Waals surface area contributed by atoms with Crippen molar-refractivity contribution in [1.82, 2.24) is 24.5 Å². The highest BCUT2D eigenvalue weighted by molar-refractivity contribution is 5.42. The Balaban J connectivity index is 2.01. The molecule has 0 bridgehead atoms. The molecule has 0 radical (unpaired) electrons. The summed E-state index contributed by atoms with van der Waals surface area (Å²) in [6.45, 7) is 10.2. The van der Waals surface area contributed by atoms with Crippen molar-refractivity contribution in [2.75, 3.05) is 0 Å². The number of hydrogen-bond acceptors (Lipinski definition) is 5. The molecule has 2 aromatic heterocycles. The molecule has 7 heteroatoms. The van der Waals surface area contributed by atoms with Gasteiger partial charge in [0.05, 0.1) is 5.69 Å². The van der Waals surface area contributed by atoms with E-state index in [1.807, 2.05) is 52.8 Å². The van der Waals surface area contributed by atoms with E-state index in [-0.39, 0.29) is 17.6 Å². The number of aryl methyl sites for hydroxylation is 2. The fourth-order valence-corrected chi connectivity index (χ4v) is 2.38. The molecule has 0 aliphatic rings. The van der Waals surface area contributed by atoms with Crippen LogP contribution in [0.1, 0.15) is 43.6 Å². The molecule has 7 nitrogen and oxygen atoms in total. The van der Waals surface area contributed by atoms with Crippen molar-refractivity contribution in [3.8, 4) is 5.69 Å². The monoisotopic (exact) mass is 327 g/mol. The van der Waals surface area contributed by atoms with Crippen molar-refractivity contribution in [3.05, 3.63) is 57.9 Å². The third-order valence-corrected chi connectivity index (χ3v) is 3.77. The summed E-state index contributed by atoms with van der Waals surface area (Å²) in [5.41, 5.74) is 2.49. The minimum atomic E-state index is -0.349. The van der Waals surface area contributed by atoms with E-state index in [0.29, 0.717) is 11.7 Å². The van der Waals surface area contributed by atoms with E-state index in [9.17, 15) is 4.79 Å². The molecule has 24 heavy (non-hydrogen) atoms. The Hall–Kier alpha value is -2.70. The van der Waals surface area contributed by atoms with Gasteiger partial charge in [-0.25, -0.2) is 14.2 Å². The Labute approximate surface area is 139 Å². The van der Waals surface area contributed by atoms with Gasteiger partial charge in [-0.05, 0) is 31.0 Å². The normalized spacial score (nSPS) is 11.9. The number of aromatic nitrogens is 5. The molecule has 0 saturated heterocycles. The minimum absolute atomic E-state index is 0.200. The zero-order chi connectivity index (χ0) is 17.5. The molecule has 0 amide bonds. The summed E-state index contributed by atoms with van der Waals surface area (Å²) in [6, 6.07) is 6.07. The van der Waals surface area contributed by atoms with Crippen molar-refractivity contribution < 1.29 is 4.52 Å². The van der Waals surface area contributed by atoms with E-state index in [4.69, 9.17) is 4.52 Å². The summed E-state index contributed by atoms with van der Waals surface area (Å²) >= 11 is 0. The molecule has 0 fully saturated rings. The first kappa shape index (κ1) is 16.2. The largest absolute Gasteiger partial charge is 0.364 e. The van der Waals surface area contributed by atoms with Crippen LogP contribution in [-0.2, 0) is 12.0 Å². The van der Waals surface area contributed by atoms with Crippen LogP contribution in [0, 0.1) is 13.8 Å². The zero-order valence-corrected chi connectivity index (χ0v) is 14.6. The van der Waals surface area contributed by atoms with Gasteiger partial charge in [-0.3, -0.25) is 0 Å². The first-order valence-corrected chi connectivity index (χ1v) is 7.81. The van der Waals surface area contributed by atoms with Gasteiger partial charge in [0.25, 0.3) is 0 Å². The molecular formula is C17H21N5O2. The van der Waals surface area contributed by atoms with Crippen LogP contribution >= 0.6 is 0 Å². The van der Waals surface area contributed by atoms with Gasteiger partial charge in [0.1, 0.15) is 12.9 Å². The van der Waals surface area contributed by atoms with Gasteiger partial charge in [-0.2, -0.15) is 9.97 Å². The maximum absolute atomic E-state index is 12.2. The molecule has 0 saturated carbocycles. The second-order valence-electron chi connectivity index (χ2n) is 6.99. The van der Waals surface area contributed by atoms with Gasteiger partial charge in [-0.15, -0.1) is 0 Å². The van der Waals surface area contributed by atoms with Gasteiger partial charge < -0.3 is 4.52 Å². The highest BCUT2D eigenvalue weighted by Crippen LogP contribution is 2.20. The topological polar surface area (TPSA) is 78.7 Å². The third kappa shape index (κ3) is 3.02. The third-order valence-electron chi connectivity index (χ3n) is 3.77. The average molecular weight is 327 g/mol. The van der Waals surface area contributed by atoms with E-state index in [0.717, 1.165) is 16.8 Å². The molecule has 0 spiro atoms. The quantitative estimate of drug-likeness (QED) is 0.738. The van der Waals surface area contributed by atoms with Gasteiger partial charge >= 0.3 is 5.69 Å². The molecule has 3 rings (SSSR count). The van der Waals surface area contributed by atoms with E-state index in [1.165, 1.54) is 11.0 Å². The molecule has 1 aromatic carbocycles. The predicted molar refractivity (Wildman–Crippen MR) is 89.4 cm³/mol. The molecule has 2 heterocycles. The SMILES string of the molecule is Cc1ccc(C)c(-n2cnc(=O)n2Cc2noc(C(C)(C)C)n2)c1. The van der Waals surface area contributed by atoms with Crippen molar-refractivity contribution in [2.24, 2.45) is 0 Å². The highest BCUT2D eigenvalue weighted by atomic mass is 16.5. The van der Waals surface area contributed by atoms with Crippen LogP contribution < -0.4 is 5.69 Å². The lowest BCUT2D eigenvalue weighted by Gasteiger charge is -2.12. The first-order valence-electron chi connectivity index (χ1n) is 7.81. The van der Waals surface area contributed by atoms with Crippen LogP contribution in [0.3, 0.4) is 0 Å². The Morgan fingerprint density at radius 3 is 2.62 bits per heavy atom. The summed E-state index contributed by atoms with van der Waals surface area (Å²) < 4.78 is 8.53. The first-order chi connectivity index (χ1) is 11.3. The minimum Gasteiger partial charge on any atom is -0.339 e. The van der Waals surface area contributed by atoms with Gasteiger partial charge in [-0.1, -0.05) is 38.1 Å². The van der Waals surface area contributed by atoms with Gasteiger partial charge in [0, 0.05) is 5.41 Å². The number of nitrogens with zero attached hydrogens (tertiary/aromatic N) is 5. The Morgan fingerprint density at radius 2 is 1.96 bits per heavy atom. The van der Waals surface area contributed by atoms with E-state index < -0.39 is 0 Å². The fraction of sp³-hybridized carbons (Fsp3) is 0.412. The van der Waals surface area contributed by atoms with Crippen molar-refractivity contribution >= 4 is 0 Å². The van der Waals surface area contributed by atoms with Crippen molar-refractivity contribution in [3.63, 3.8) is 0 Å². The molecule has 126 valence electrons. The standard InChI is InChI=1S/C17H21N5O2/c1-11-6-7-12(2)13(8-11)22-10-18-16(23)21(22)9-14-19-15(24-20-14)17(3,4)5/h6-8,10H,9H2,1-5H3. The zero-order valence-electron chi connectivity index (χ0n) is 14.6. The predicted octanol–water partition coefficient (Wildman–Crippen LogP) is 2.38. The van der Waals surface area contributed by atoms with Crippen LogP contribution in [0.5, 0.6) is 0 Å². The summed E-state index contributed by atoms with van der Waals surface area (Å²) in [6.07, 6.45) is 1.52. The number of benzene rings is 1. The van der Waals surface area contributed by atoms with Crippen LogP contribution in [0.2, 0.25) is 0 Å². The second kappa shape index (κ2) is 5.74. The Bertz CT molecular complexity index is 927. The summed E-state index contributed by atoms with van der Waals surface area (Å²) in [5.74, 6) is 0.998. The lowest BCUT2D eigenvalue weighted by Crippen LogP contribution is -2.24. The Morgan fingerprint density at radius 1 is 1.21 bits per heavy atom. The van der Waals surface area contributed by atoms with Gasteiger partial charge in [0.15, 0.2) is 5.82 Å². The molecule has 0 aliphatic carbocycles. The highest BCUT2D eigenvalue weighted by Gasteiger charge is 2.22. The molecule has 0 aliphatic heterocycles. The number of hydrogen-bond donors (Lipinski definition) is 0.